The van der Waals surface area contributed by atoms with Crippen molar-refractivity contribution >= 4 is 22.5 Å². The third-order valence-electron chi connectivity index (χ3n) is 5.56. The monoisotopic (exact) mass is 463 g/mol. The summed E-state index contributed by atoms with van der Waals surface area (Å²) in [5, 5.41) is 12.3. The Labute approximate surface area is 203 Å². The fourth-order valence-electron chi connectivity index (χ4n) is 3.80. The van der Waals surface area contributed by atoms with Crippen molar-refractivity contribution in [3.8, 4) is 28.5 Å². The van der Waals surface area contributed by atoms with Gasteiger partial charge in [0.2, 0.25) is 0 Å². The predicted molar refractivity (Wildman–Crippen MR) is 137 cm³/mol. The number of anilines is 2. The van der Waals surface area contributed by atoms with Gasteiger partial charge in [0.15, 0.2) is 11.6 Å². The highest BCUT2D eigenvalue weighted by atomic mass is 16.5. The Morgan fingerprint density at radius 1 is 0.857 bits per heavy atom. The molecular formula is C28H25N5O2. The van der Waals surface area contributed by atoms with E-state index in [0.717, 1.165) is 41.2 Å². The Morgan fingerprint density at radius 3 is 2.46 bits per heavy atom. The average Bonchev–Trinajstić information content (AvgIpc) is 2.91. The lowest BCUT2D eigenvalue weighted by Gasteiger charge is -2.13. The van der Waals surface area contributed by atoms with E-state index in [2.05, 4.69) is 38.5 Å². The molecule has 0 spiro atoms. The number of ether oxygens (including phenoxy) is 2. The van der Waals surface area contributed by atoms with Gasteiger partial charge < -0.3 is 14.8 Å². The summed E-state index contributed by atoms with van der Waals surface area (Å²) in [4.78, 5) is 8.79. The van der Waals surface area contributed by atoms with Gasteiger partial charge >= 0.3 is 0 Å². The molecule has 174 valence electrons. The van der Waals surface area contributed by atoms with E-state index in [-0.39, 0.29) is 0 Å². The molecule has 0 unspecified atom stereocenters. The number of aryl methyl sites for hydroxylation is 1. The summed E-state index contributed by atoms with van der Waals surface area (Å²) in [5.41, 5.74) is 5.35. The fraction of sp³-hybridized carbons (Fsp3) is 0.143. The van der Waals surface area contributed by atoms with Crippen LogP contribution < -0.4 is 14.8 Å². The van der Waals surface area contributed by atoms with E-state index < -0.39 is 0 Å². The Morgan fingerprint density at radius 2 is 1.69 bits per heavy atom. The maximum Gasteiger partial charge on any atom is 0.156 e. The quantitative estimate of drug-likeness (QED) is 0.278. The molecule has 0 saturated heterocycles. The van der Waals surface area contributed by atoms with E-state index in [1.54, 1.807) is 25.6 Å². The lowest BCUT2D eigenvalue weighted by Crippen LogP contribution is -2.02. The van der Waals surface area contributed by atoms with Crippen LogP contribution in [0.3, 0.4) is 0 Å². The van der Waals surface area contributed by atoms with Crippen molar-refractivity contribution in [2.45, 2.75) is 19.8 Å². The van der Waals surface area contributed by atoms with Crippen LogP contribution in [0.25, 0.3) is 22.3 Å². The van der Waals surface area contributed by atoms with Crippen LogP contribution in [0.15, 0.2) is 85.2 Å². The normalized spacial score (nSPS) is 10.8. The number of hydrogen-bond acceptors (Lipinski definition) is 7. The van der Waals surface area contributed by atoms with Gasteiger partial charge in [-0.05, 0) is 42.3 Å². The molecule has 5 rings (SSSR count). The number of hydrogen-bond donors (Lipinski definition) is 1. The minimum absolute atomic E-state index is 0.631. The van der Waals surface area contributed by atoms with Crippen LogP contribution in [-0.4, -0.2) is 27.3 Å². The number of nitrogens with zero attached hydrogens (tertiary/aromatic N) is 4. The Kier molecular flexibility index (Phi) is 6.48. The van der Waals surface area contributed by atoms with Crippen molar-refractivity contribution in [2.24, 2.45) is 0 Å². The summed E-state index contributed by atoms with van der Waals surface area (Å²) in [5.74, 6) is 2.74. The van der Waals surface area contributed by atoms with E-state index >= 15 is 0 Å². The Balaban J connectivity index is 1.35. The highest BCUT2D eigenvalue weighted by Crippen LogP contribution is 2.30. The fourth-order valence-corrected chi connectivity index (χ4v) is 3.80. The minimum atomic E-state index is 0.631. The number of nitrogens with one attached hydrogen (secondary N) is 1. The first kappa shape index (κ1) is 22.3. The summed E-state index contributed by atoms with van der Waals surface area (Å²) >= 11 is 0. The van der Waals surface area contributed by atoms with Gasteiger partial charge in [0, 0.05) is 29.6 Å². The maximum atomic E-state index is 6.10. The molecule has 0 aliphatic carbocycles. The molecule has 7 nitrogen and oxygen atoms in total. The van der Waals surface area contributed by atoms with Crippen LogP contribution in [0.5, 0.6) is 17.2 Å². The van der Waals surface area contributed by atoms with Crippen molar-refractivity contribution in [1.29, 1.82) is 0 Å². The van der Waals surface area contributed by atoms with Gasteiger partial charge in [-0.1, -0.05) is 43.7 Å². The molecule has 3 aromatic heterocycles. The van der Waals surface area contributed by atoms with E-state index in [1.807, 2.05) is 60.7 Å². The lowest BCUT2D eigenvalue weighted by molar-refractivity contribution is 0.413. The van der Waals surface area contributed by atoms with Gasteiger partial charge in [-0.25, -0.2) is 4.98 Å². The van der Waals surface area contributed by atoms with E-state index in [1.165, 1.54) is 0 Å². The second-order valence-electron chi connectivity index (χ2n) is 8.02. The van der Waals surface area contributed by atoms with Crippen LogP contribution in [-0.2, 0) is 6.42 Å². The molecular weight excluding hydrogens is 438 g/mol. The minimum Gasteiger partial charge on any atom is -0.495 e. The molecule has 0 radical (unpaired) electrons. The SMILES string of the molecule is CCCc1cc(-c2ccccc2)nnc1Nc1ccc(Oc2ccnc3cc(OC)cnc23)cc1. The topological polar surface area (TPSA) is 82.1 Å². The highest BCUT2D eigenvalue weighted by molar-refractivity contribution is 5.81. The van der Waals surface area contributed by atoms with Crippen LogP contribution in [0.4, 0.5) is 11.5 Å². The van der Waals surface area contributed by atoms with Crippen molar-refractivity contribution in [3.63, 3.8) is 0 Å². The summed E-state index contributed by atoms with van der Waals surface area (Å²) in [7, 11) is 1.60. The largest absolute Gasteiger partial charge is 0.495 e. The number of pyridine rings is 2. The lowest BCUT2D eigenvalue weighted by atomic mass is 10.1. The Bertz CT molecular complexity index is 1440. The van der Waals surface area contributed by atoms with Gasteiger partial charge in [-0.15, -0.1) is 10.2 Å². The molecule has 0 aliphatic rings. The molecule has 1 N–H and O–H groups in total. The molecule has 7 heteroatoms. The third kappa shape index (κ3) is 5.04. The molecule has 0 fully saturated rings. The molecule has 5 aromatic rings. The second kappa shape index (κ2) is 10.2. The van der Waals surface area contributed by atoms with Gasteiger partial charge in [-0.3, -0.25) is 4.98 Å². The maximum absolute atomic E-state index is 6.10. The predicted octanol–water partition coefficient (Wildman–Crippen LogP) is 6.58. The summed E-state index contributed by atoms with van der Waals surface area (Å²) in [6.07, 6.45) is 5.27. The second-order valence-corrected chi connectivity index (χ2v) is 8.02. The molecule has 35 heavy (non-hydrogen) atoms. The van der Waals surface area contributed by atoms with Crippen LogP contribution >= 0.6 is 0 Å². The number of rotatable bonds is 8. The smallest absolute Gasteiger partial charge is 0.156 e. The summed E-state index contributed by atoms with van der Waals surface area (Å²) < 4.78 is 11.3. The third-order valence-corrected chi connectivity index (χ3v) is 5.56. The average molecular weight is 464 g/mol. The summed E-state index contributed by atoms with van der Waals surface area (Å²) in [6.45, 7) is 2.16. The summed E-state index contributed by atoms with van der Waals surface area (Å²) in [6, 6.07) is 23.6. The molecule has 0 aliphatic heterocycles. The van der Waals surface area contributed by atoms with E-state index in [9.17, 15) is 0 Å². The Hall–Kier alpha value is -4.52. The first-order valence-corrected chi connectivity index (χ1v) is 11.5. The standard InChI is InChI=1S/C28H25N5O2/c1-3-7-20-16-24(19-8-5-4-6-9-19)32-33-28(20)31-21-10-12-22(13-11-21)35-26-14-15-29-25-17-23(34-2)18-30-27(25)26/h4-6,8-18H,3,7H2,1-2H3,(H,31,33). The van der Waals surface area contributed by atoms with E-state index in [0.29, 0.717) is 28.3 Å². The van der Waals surface area contributed by atoms with Gasteiger partial charge in [0.05, 0.1) is 24.5 Å². The number of aromatic nitrogens is 4. The van der Waals surface area contributed by atoms with Crippen LogP contribution in [0.2, 0.25) is 0 Å². The highest BCUT2D eigenvalue weighted by Gasteiger charge is 2.10. The van der Waals surface area contributed by atoms with Crippen molar-refractivity contribution in [2.75, 3.05) is 12.4 Å². The zero-order valence-corrected chi connectivity index (χ0v) is 19.6. The van der Waals surface area contributed by atoms with E-state index in [4.69, 9.17) is 9.47 Å². The molecule has 0 amide bonds. The zero-order valence-electron chi connectivity index (χ0n) is 19.6. The number of fused-ring (bicyclic) bond motifs is 1. The molecule has 0 atom stereocenters. The van der Waals surface area contributed by atoms with Crippen LogP contribution in [0.1, 0.15) is 18.9 Å². The van der Waals surface area contributed by atoms with Gasteiger partial charge in [0.1, 0.15) is 17.0 Å². The van der Waals surface area contributed by atoms with Gasteiger partial charge in [0.25, 0.3) is 0 Å². The number of benzene rings is 2. The molecule has 0 saturated carbocycles. The zero-order chi connectivity index (χ0) is 24.0. The van der Waals surface area contributed by atoms with Crippen molar-refractivity contribution in [1.82, 2.24) is 20.2 Å². The van der Waals surface area contributed by atoms with Crippen LogP contribution in [0, 0.1) is 0 Å². The molecule has 2 aromatic carbocycles. The van der Waals surface area contributed by atoms with Crippen molar-refractivity contribution < 1.29 is 9.47 Å². The first-order valence-electron chi connectivity index (χ1n) is 11.5. The first-order chi connectivity index (χ1) is 17.2. The van der Waals surface area contributed by atoms with Gasteiger partial charge in [-0.2, -0.15) is 0 Å². The van der Waals surface area contributed by atoms with Crippen molar-refractivity contribution in [3.05, 3.63) is 90.8 Å². The number of methoxy groups -OCH3 is 1. The molecule has 0 bridgehead atoms. The molecule has 3 heterocycles.